The van der Waals surface area contributed by atoms with Gasteiger partial charge in [-0.3, -0.25) is 0 Å². The quantitative estimate of drug-likeness (QED) is 0.158. The second kappa shape index (κ2) is 20.0. The molecule has 8 heteroatoms. The van der Waals surface area contributed by atoms with Gasteiger partial charge >= 0.3 is 7.69 Å². The number of halogens is 5. The molecule has 2 nitrogen and oxygen atoms in total. The van der Waals surface area contributed by atoms with Gasteiger partial charge in [0.25, 0.3) is 0 Å². The van der Waals surface area contributed by atoms with E-state index in [4.69, 9.17) is 44.5 Å². The SMILES string of the molecule is CCc1cc(-c2ccc(Cl)cc2C)c(CC)cc1-c1ccc(Cl)cc1C.CCc1cc(Br)c(CC)cc1Br.Cc1cc(Cl)ccc1O[B]O. The Balaban J connectivity index is 0.000000233. The van der Waals surface area contributed by atoms with Crippen molar-refractivity contribution in [2.45, 2.75) is 74.1 Å². The van der Waals surface area contributed by atoms with Crippen LogP contribution >= 0.6 is 66.7 Å². The maximum absolute atomic E-state index is 8.33. The minimum Gasteiger partial charge on any atom is -0.537 e. The van der Waals surface area contributed by atoms with Gasteiger partial charge in [-0.2, -0.15) is 0 Å². The highest BCUT2D eigenvalue weighted by Gasteiger charge is 2.14. The average Bonchev–Trinajstić information content (AvgIpc) is 3.07. The third kappa shape index (κ3) is 11.4. The second-order valence-electron chi connectivity index (χ2n) is 11.7. The van der Waals surface area contributed by atoms with Crippen molar-refractivity contribution in [3.05, 3.63) is 142 Å². The van der Waals surface area contributed by atoms with Crippen molar-refractivity contribution >= 4 is 74.3 Å². The predicted molar refractivity (Wildman–Crippen MR) is 221 cm³/mol. The fraction of sp³-hybridized carbons (Fsp3) is 0.268. The summed E-state index contributed by atoms with van der Waals surface area (Å²) in [6.07, 6.45) is 4.12. The Labute approximate surface area is 325 Å². The van der Waals surface area contributed by atoms with E-state index in [1.165, 1.54) is 64.6 Å². The van der Waals surface area contributed by atoms with Gasteiger partial charge in [-0.1, -0.05) is 119 Å². The molecule has 0 aromatic heterocycles. The molecule has 5 aromatic carbocycles. The molecule has 0 amide bonds. The molecule has 49 heavy (non-hydrogen) atoms. The van der Waals surface area contributed by atoms with E-state index in [9.17, 15) is 0 Å². The van der Waals surface area contributed by atoms with Gasteiger partial charge in [0.05, 0.1) is 0 Å². The van der Waals surface area contributed by atoms with Crippen molar-refractivity contribution in [2.24, 2.45) is 0 Å². The van der Waals surface area contributed by atoms with Crippen LogP contribution in [0.25, 0.3) is 22.3 Å². The summed E-state index contributed by atoms with van der Waals surface area (Å²) in [6.45, 7) is 14.9. The maximum atomic E-state index is 8.33. The molecule has 0 aliphatic carbocycles. The number of aryl methyl sites for hydroxylation is 7. The maximum Gasteiger partial charge on any atom is 0.569 e. The van der Waals surface area contributed by atoms with Crippen LogP contribution in [0.4, 0.5) is 0 Å². The highest BCUT2D eigenvalue weighted by Crippen LogP contribution is 2.37. The van der Waals surface area contributed by atoms with E-state index in [1.807, 2.05) is 31.2 Å². The summed E-state index contributed by atoms with van der Waals surface area (Å²) in [7, 11) is 0.649. The van der Waals surface area contributed by atoms with E-state index < -0.39 is 0 Å². The zero-order chi connectivity index (χ0) is 36.2. The first-order chi connectivity index (χ1) is 23.4. The predicted octanol–water partition coefficient (Wildman–Crippen LogP) is 14.0. The van der Waals surface area contributed by atoms with Crippen molar-refractivity contribution in [3.8, 4) is 28.0 Å². The molecule has 0 fully saturated rings. The largest absolute Gasteiger partial charge is 0.569 e. The van der Waals surface area contributed by atoms with Crippen LogP contribution in [-0.4, -0.2) is 12.7 Å². The van der Waals surface area contributed by atoms with E-state index >= 15 is 0 Å². The van der Waals surface area contributed by atoms with Gasteiger partial charge in [0, 0.05) is 24.0 Å². The van der Waals surface area contributed by atoms with Gasteiger partial charge in [0.2, 0.25) is 0 Å². The Bertz CT molecular complexity index is 1770. The molecule has 0 spiro atoms. The summed E-state index contributed by atoms with van der Waals surface area (Å²) in [5, 5.41) is 10.6. The van der Waals surface area contributed by atoms with Crippen LogP contribution in [0.2, 0.25) is 15.1 Å². The van der Waals surface area contributed by atoms with Crippen LogP contribution in [-0.2, 0) is 25.7 Å². The lowest BCUT2D eigenvalue weighted by molar-refractivity contribution is 0.452. The van der Waals surface area contributed by atoms with Gasteiger partial charge < -0.3 is 9.68 Å². The number of benzene rings is 5. The Morgan fingerprint density at radius 1 is 0.510 bits per heavy atom. The smallest absolute Gasteiger partial charge is 0.537 e. The molecule has 0 atom stereocenters. The van der Waals surface area contributed by atoms with Gasteiger partial charge in [0.1, 0.15) is 5.75 Å². The number of hydrogen-bond donors (Lipinski definition) is 1. The van der Waals surface area contributed by atoms with Crippen molar-refractivity contribution in [2.75, 3.05) is 0 Å². The lowest BCUT2D eigenvalue weighted by Gasteiger charge is -2.18. The van der Waals surface area contributed by atoms with Crippen molar-refractivity contribution in [3.63, 3.8) is 0 Å². The van der Waals surface area contributed by atoms with Gasteiger partial charge in [0.15, 0.2) is 0 Å². The highest BCUT2D eigenvalue weighted by atomic mass is 79.9. The molecule has 5 rings (SSSR count). The lowest BCUT2D eigenvalue weighted by atomic mass is 9.86. The summed E-state index contributed by atoms with van der Waals surface area (Å²) in [6, 6.07) is 26.6. The Kier molecular flexibility index (Phi) is 16.8. The third-order valence-electron chi connectivity index (χ3n) is 8.34. The summed E-state index contributed by atoms with van der Waals surface area (Å²) in [5.74, 6) is 0.608. The zero-order valence-corrected chi connectivity index (χ0v) is 34.6. The Hall–Kier alpha value is -2.25. The molecular formula is C41H43BBr2Cl3O2. The summed E-state index contributed by atoms with van der Waals surface area (Å²) >= 11 is 25.1. The van der Waals surface area contributed by atoms with Gasteiger partial charge in [-0.25, -0.2) is 0 Å². The lowest BCUT2D eigenvalue weighted by Crippen LogP contribution is -2.00. The first kappa shape index (κ1) is 41.2. The zero-order valence-electron chi connectivity index (χ0n) is 29.2. The van der Waals surface area contributed by atoms with Crippen molar-refractivity contribution in [1.82, 2.24) is 0 Å². The molecule has 0 saturated heterocycles. The minimum atomic E-state index is 0.608. The molecule has 0 aliphatic rings. The fourth-order valence-electron chi connectivity index (χ4n) is 5.61. The van der Waals surface area contributed by atoms with Crippen LogP contribution in [0.5, 0.6) is 5.75 Å². The molecular weight excluding hydrogens is 801 g/mol. The topological polar surface area (TPSA) is 29.5 Å². The van der Waals surface area contributed by atoms with Gasteiger partial charge in [-0.05, 0) is 162 Å². The molecule has 0 unspecified atom stereocenters. The number of rotatable bonds is 8. The standard InChI is InChI=1S/C24H24Cl2.C10H12Br2.C7H7BClO2/c1-5-17-13-24(22-10-8-20(26)12-16(22)4)18(6-2)14-23(17)21-9-7-19(25)11-15(21)3;1-3-7-5-10(12)8(4-2)6-9(7)11;1-5-4-6(9)2-3-7(5)11-8-10/h7-14H,5-6H2,1-4H3;5-6H,3-4H2,1-2H3;2-4,10H,1H3. The first-order valence-corrected chi connectivity index (χ1v) is 19.1. The molecule has 1 radical (unpaired) electrons. The molecule has 0 heterocycles. The van der Waals surface area contributed by atoms with Crippen molar-refractivity contribution < 1.29 is 9.68 Å². The second-order valence-corrected chi connectivity index (χ2v) is 14.7. The van der Waals surface area contributed by atoms with Gasteiger partial charge in [-0.15, -0.1) is 0 Å². The molecule has 5 aromatic rings. The van der Waals surface area contributed by atoms with Crippen LogP contribution in [0.15, 0.2) is 87.8 Å². The van der Waals surface area contributed by atoms with E-state index in [0.717, 1.165) is 41.3 Å². The minimum absolute atomic E-state index is 0.608. The molecule has 0 bridgehead atoms. The van der Waals surface area contributed by atoms with Crippen LogP contribution in [0.1, 0.15) is 66.6 Å². The Morgan fingerprint density at radius 2 is 0.878 bits per heavy atom. The Morgan fingerprint density at radius 3 is 1.20 bits per heavy atom. The van der Waals surface area contributed by atoms with E-state index in [0.29, 0.717) is 18.5 Å². The van der Waals surface area contributed by atoms with Crippen molar-refractivity contribution in [1.29, 1.82) is 0 Å². The molecule has 257 valence electrons. The molecule has 0 aliphatic heterocycles. The summed E-state index contributed by atoms with van der Waals surface area (Å²) in [5.41, 5.74) is 13.9. The van der Waals surface area contributed by atoms with E-state index in [1.54, 1.807) is 18.2 Å². The summed E-state index contributed by atoms with van der Waals surface area (Å²) < 4.78 is 7.22. The molecule has 0 saturated carbocycles. The van der Waals surface area contributed by atoms with E-state index in [2.05, 4.69) is 110 Å². The van der Waals surface area contributed by atoms with Crippen LogP contribution < -0.4 is 4.65 Å². The highest BCUT2D eigenvalue weighted by molar-refractivity contribution is 9.11. The molecule has 1 N–H and O–H groups in total. The fourth-order valence-corrected chi connectivity index (χ4v) is 7.63. The normalized spacial score (nSPS) is 10.5. The number of hydrogen-bond acceptors (Lipinski definition) is 2. The average molecular weight is 845 g/mol. The van der Waals surface area contributed by atoms with E-state index in [-0.39, 0.29) is 0 Å². The summed E-state index contributed by atoms with van der Waals surface area (Å²) in [4.78, 5) is 0. The van der Waals surface area contributed by atoms with Crippen LogP contribution in [0, 0.1) is 20.8 Å². The first-order valence-electron chi connectivity index (χ1n) is 16.4. The monoisotopic (exact) mass is 841 g/mol. The van der Waals surface area contributed by atoms with Crippen LogP contribution in [0.3, 0.4) is 0 Å². The third-order valence-corrected chi connectivity index (χ3v) is 10.5.